The van der Waals surface area contributed by atoms with Gasteiger partial charge in [0.2, 0.25) is 0 Å². The van der Waals surface area contributed by atoms with E-state index in [4.69, 9.17) is 5.11 Å². The molecule has 0 saturated carbocycles. The second-order valence-electron chi connectivity index (χ2n) is 3.46. The molecule has 1 N–H and O–H groups in total. The molecule has 1 aliphatic heterocycles. The van der Waals surface area contributed by atoms with Crippen LogP contribution in [0.3, 0.4) is 0 Å². The summed E-state index contributed by atoms with van der Waals surface area (Å²) in [5.74, 6) is 0.698. The number of allylic oxidation sites excluding steroid dienone is 1. The van der Waals surface area contributed by atoms with Crippen molar-refractivity contribution in [2.24, 2.45) is 4.99 Å². The zero-order valence-electron chi connectivity index (χ0n) is 8.37. The molecule has 1 unspecified atom stereocenters. The van der Waals surface area contributed by atoms with Crippen LogP contribution in [0.25, 0.3) is 0 Å². The maximum atomic E-state index is 8.87. The van der Waals surface area contributed by atoms with Gasteiger partial charge in [0, 0.05) is 25.2 Å². The van der Waals surface area contributed by atoms with Crippen molar-refractivity contribution in [3.8, 4) is 0 Å². The first kappa shape index (κ1) is 9.98. The zero-order valence-corrected chi connectivity index (χ0v) is 8.37. The first-order valence-corrected chi connectivity index (χ1v) is 4.99. The topological polar surface area (TPSA) is 58.4 Å². The van der Waals surface area contributed by atoms with E-state index in [0.717, 1.165) is 6.42 Å². The molecule has 0 fully saturated rings. The standard InChI is InChI=1S/C11H13N3O/c15-9-2-5-11(4-1-8-14-11)10-12-6-3-7-13-10/h1,3-4,6-8,15H,2,5,9H2. The smallest absolute Gasteiger partial charge is 0.159 e. The normalized spacial score (nSPS) is 23.5. The Kier molecular flexibility index (Phi) is 2.87. The lowest BCUT2D eigenvalue weighted by Crippen LogP contribution is -2.22. The SMILES string of the molecule is OCCCC1(c2ncccn2)C=CC=N1. The molecule has 2 rings (SSSR count). The highest BCUT2D eigenvalue weighted by atomic mass is 16.2. The minimum atomic E-state index is -0.454. The van der Waals surface area contributed by atoms with Gasteiger partial charge in [0.15, 0.2) is 5.82 Å². The van der Waals surface area contributed by atoms with Gasteiger partial charge in [-0.3, -0.25) is 4.99 Å². The summed E-state index contributed by atoms with van der Waals surface area (Å²) < 4.78 is 0. The Labute approximate surface area is 88.4 Å². The van der Waals surface area contributed by atoms with E-state index in [0.29, 0.717) is 12.2 Å². The molecule has 1 atom stereocenters. The highest BCUT2D eigenvalue weighted by molar-refractivity contribution is 5.75. The van der Waals surface area contributed by atoms with Crippen molar-refractivity contribution in [3.05, 3.63) is 36.4 Å². The molecule has 15 heavy (non-hydrogen) atoms. The number of aliphatic hydroxyl groups excluding tert-OH is 1. The van der Waals surface area contributed by atoms with E-state index >= 15 is 0 Å². The van der Waals surface area contributed by atoms with Crippen molar-refractivity contribution in [2.75, 3.05) is 6.61 Å². The number of aromatic nitrogens is 2. The van der Waals surface area contributed by atoms with Crippen molar-refractivity contribution in [1.29, 1.82) is 0 Å². The largest absolute Gasteiger partial charge is 0.396 e. The quantitative estimate of drug-likeness (QED) is 0.796. The summed E-state index contributed by atoms with van der Waals surface area (Å²) in [6, 6.07) is 1.78. The summed E-state index contributed by atoms with van der Waals surface area (Å²) in [7, 11) is 0. The molecule has 0 amide bonds. The minimum absolute atomic E-state index is 0.165. The fourth-order valence-electron chi connectivity index (χ4n) is 1.68. The predicted molar refractivity (Wildman–Crippen MR) is 57.7 cm³/mol. The fraction of sp³-hybridized carbons (Fsp3) is 0.364. The van der Waals surface area contributed by atoms with Crippen molar-refractivity contribution in [3.63, 3.8) is 0 Å². The molecular formula is C11H13N3O. The Bertz CT molecular complexity index is 361. The van der Waals surface area contributed by atoms with Gasteiger partial charge in [-0.2, -0.15) is 0 Å². The number of aliphatic imine (C=N–C) groups is 1. The molecular weight excluding hydrogens is 190 g/mol. The monoisotopic (exact) mass is 203 g/mol. The second kappa shape index (κ2) is 4.31. The fourth-order valence-corrected chi connectivity index (χ4v) is 1.68. The number of rotatable bonds is 4. The summed E-state index contributed by atoms with van der Waals surface area (Å²) in [5, 5.41) is 8.87. The van der Waals surface area contributed by atoms with Crippen LogP contribution in [0.5, 0.6) is 0 Å². The molecule has 1 aromatic heterocycles. The number of hydrogen-bond donors (Lipinski definition) is 1. The Morgan fingerprint density at radius 3 is 2.67 bits per heavy atom. The average Bonchev–Trinajstić information content (AvgIpc) is 2.78. The highest BCUT2D eigenvalue weighted by Gasteiger charge is 2.32. The van der Waals surface area contributed by atoms with Crippen LogP contribution < -0.4 is 0 Å². The van der Waals surface area contributed by atoms with Crippen molar-refractivity contribution >= 4 is 6.21 Å². The van der Waals surface area contributed by atoms with Crippen LogP contribution in [-0.2, 0) is 5.54 Å². The summed E-state index contributed by atoms with van der Waals surface area (Å²) >= 11 is 0. The zero-order chi connectivity index (χ0) is 10.6. The predicted octanol–water partition coefficient (Wildman–Crippen LogP) is 1.08. The van der Waals surface area contributed by atoms with Crippen molar-refractivity contribution in [1.82, 2.24) is 9.97 Å². The lowest BCUT2D eigenvalue weighted by molar-refractivity contribution is 0.270. The molecule has 0 bridgehead atoms. The van der Waals surface area contributed by atoms with Crippen LogP contribution in [0.4, 0.5) is 0 Å². The van der Waals surface area contributed by atoms with Crippen LogP contribution in [0.2, 0.25) is 0 Å². The number of hydrogen-bond acceptors (Lipinski definition) is 4. The van der Waals surface area contributed by atoms with Gasteiger partial charge in [0.1, 0.15) is 5.54 Å². The summed E-state index contributed by atoms with van der Waals surface area (Å²) in [6.45, 7) is 0.165. The maximum Gasteiger partial charge on any atom is 0.159 e. The van der Waals surface area contributed by atoms with Gasteiger partial charge in [-0.25, -0.2) is 9.97 Å². The molecule has 0 aromatic carbocycles. The molecule has 1 aliphatic rings. The Balaban J connectivity index is 2.28. The minimum Gasteiger partial charge on any atom is -0.396 e. The molecule has 0 aliphatic carbocycles. The van der Waals surface area contributed by atoms with E-state index in [1.807, 2.05) is 12.2 Å². The lowest BCUT2D eigenvalue weighted by atomic mass is 9.94. The third-order valence-corrected chi connectivity index (χ3v) is 2.43. The average molecular weight is 203 g/mol. The third-order valence-electron chi connectivity index (χ3n) is 2.43. The van der Waals surface area contributed by atoms with E-state index in [9.17, 15) is 0 Å². The van der Waals surface area contributed by atoms with E-state index in [1.54, 1.807) is 24.7 Å². The van der Waals surface area contributed by atoms with E-state index < -0.39 is 5.54 Å². The highest BCUT2D eigenvalue weighted by Crippen LogP contribution is 2.31. The lowest BCUT2D eigenvalue weighted by Gasteiger charge is -2.21. The maximum absolute atomic E-state index is 8.87. The van der Waals surface area contributed by atoms with Crippen LogP contribution in [-0.4, -0.2) is 27.9 Å². The summed E-state index contributed by atoms with van der Waals surface area (Å²) in [6.07, 6.45) is 10.5. The molecule has 2 heterocycles. The molecule has 78 valence electrons. The van der Waals surface area contributed by atoms with Gasteiger partial charge in [-0.1, -0.05) is 0 Å². The van der Waals surface area contributed by atoms with E-state index in [1.165, 1.54) is 0 Å². The molecule has 0 spiro atoms. The number of nitrogens with zero attached hydrogens (tertiary/aromatic N) is 3. The van der Waals surface area contributed by atoms with Crippen LogP contribution >= 0.6 is 0 Å². The number of aliphatic hydroxyl groups is 1. The Morgan fingerprint density at radius 1 is 1.27 bits per heavy atom. The molecule has 4 nitrogen and oxygen atoms in total. The first-order valence-electron chi connectivity index (χ1n) is 4.99. The van der Waals surface area contributed by atoms with Gasteiger partial charge < -0.3 is 5.11 Å². The Hall–Kier alpha value is -1.55. The summed E-state index contributed by atoms with van der Waals surface area (Å²) in [4.78, 5) is 12.9. The first-order chi connectivity index (χ1) is 7.37. The third kappa shape index (κ3) is 1.94. The summed E-state index contributed by atoms with van der Waals surface area (Å²) in [5.41, 5.74) is -0.454. The van der Waals surface area contributed by atoms with Crippen LogP contribution in [0.15, 0.2) is 35.6 Å². The van der Waals surface area contributed by atoms with Crippen LogP contribution in [0.1, 0.15) is 18.7 Å². The van der Waals surface area contributed by atoms with Gasteiger partial charge in [-0.15, -0.1) is 0 Å². The molecule has 0 saturated heterocycles. The van der Waals surface area contributed by atoms with Gasteiger partial charge in [0.05, 0.1) is 0 Å². The van der Waals surface area contributed by atoms with Gasteiger partial charge >= 0.3 is 0 Å². The molecule has 1 aromatic rings. The van der Waals surface area contributed by atoms with E-state index in [2.05, 4.69) is 15.0 Å². The molecule has 4 heteroatoms. The van der Waals surface area contributed by atoms with Gasteiger partial charge in [-0.05, 0) is 31.1 Å². The van der Waals surface area contributed by atoms with Crippen molar-refractivity contribution < 1.29 is 5.11 Å². The van der Waals surface area contributed by atoms with E-state index in [-0.39, 0.29) is 6.61 Å². The second-order valence-corrected chi connectivity index (χ2v) is 3.46. The van der Waals surface area contributed by atoms with Crippen LogP contribution in [0, 0.1) is 0 Å². The Morgan fingerprint density at radius 2 is 2.07 bits per heavy atom. The molecule has 0 radical (unpaired) electrons. The van der Waals surface area contributed by atoms with Crippen molar-refractivity contribution in [2.45, 2.75) is 18.4 Å². The van der Waals surface area contributed by atoms with Gasteiger partial charge in [0.25, 0.3) is 0 Å².